The molecule has 0 aliphatic heterocycles. The van der Waals surface area contributed by atoms with E-state index < -0.39 is 0 Å². The van der Waals surface area contributed by atoms with Crippen molar-refractivity contribution in [3.05, 3.63) is 131 Å². The summed E-state index contributed by atoms with van der Waals surface area (Å²) in [4.78, 5) is 0. The predicted molar refractivity (Wildman–Crippen MR) is 141 cm³/mol. The zero-order chi connectivity index (χ0) is 21.0. The van der Waals surface area contributed by atoms with Gasteiger partial charge in [0.15, 0.2) is 0 Å². The van der Waals surface area contributed by atoms with Gasteiger partial charge in [-0.2, -0.15) is 0 Å². The Kier molecular flexibility index (Phi) is 5.68. The van der Waals surface area contributed by atoms with Crippen molar-refractivity contribution >= 4 is 22.6 Å². The van der Waals surface area contributed by atoms with Crippen molar-refractivity contribution < 1.29 is 0 Å². The Morgan fingerprint density at radius 2 is 0.484 bits per heavy atom. The van der Waals surface area contributed by atoms with Gasteiger partial charge in [0.05, 0.1) is 0 Å². The molecule has 0 aliphatic carbocycles. The highest BCUT2D eigenvalue weighted by Gasteiger charge is 2.03. The molecular formula is C30H21I. The van der Waals surface area contributed by atoms with E-state index in [1.165, 1.54) is 48.1 Å². The molecule has 5 rings (SSSR count). The highest BCUT2D eigenvalue weighted by Crippen LogP contribution is 2.29. The Morgan fingerprint density at radius 1 is 0.258 bits per heavy atom. The maximum atomic E-state index is 2.34. The number of halogens is 1. The van der Waals surface area contributed by atoms with Gasteiger partial charge < -0.3 is 0 Å². The smallest absolute Gasteiger partial charge is 0.0130 e. The molecule has 148 valence electrons. The fourth-order valence-electron chi connectivity index (χ4n) is 3.84. The molecule has 0 fully saturated rings. The summed E-state index contributed by atoms with van der Waals surface area (Å²) in [6.45, 7) is 0. The Morgan fingerprint density at radius 3 is 0.774 bits per heavy atom. The first-order valence-corrected chi connectivity index (χ1v) is 11.5. The summed E-state index contributed by atoms with van der Waals surface area (Å²) in [5.74, 6) is 0. The monoisotopic (exact) mass is 508 g/mol. The Labute approximate surface area is 197 Å². The molecule has 0 atom stereocenters. The summed E-state index contributed by atoms with van der Waals surface area (Å²) in [5, 5.41) is 0. The van der Waals surface area contributed by atoms with Crippen molar-refractivity contribution in [2.24, 2.45) is 0 Å². The Hall–Kier alpha value is -3.17. The molecule has 0 aromatic heterocycles. The second kappa shape index (κ2) is 8.91. The molecule has 0 saturated heterocycles. The third kappa shape index (κ3) is 4.47. The van der Waals surface area contributed by atoms with E-state index in [-0.39, 0.29) is 0 Å². The molecule has 0 N–H and O–H groups in total. The van der Waals surface area contributed by atoms with Gasteiger partial charge in [0.1, 0.15) is 0 Å². The van der Waals surface area contributed by atoms with Crippen LogP contribution in [0, 0.1) is 3.57 Å². The summed E-state index contributed by atoms with van der Waals surface area (Å²) in [7, 11) is 0. The first-order chi connectivity index (χ1) is 15.3. The van der Waals surface area contributed by atoms with Crippen LogP contribution in [0.25, 0.3) is 44.5 Å². The molecule has 0 amide bonds. The summed E-state index contributed by atoms with van der Waals surface area (Å²) in [5.41, 5.74) is 9.93. The van der Waals surface area contributed by atoms with Crippen molar-refractivity contribution in [2.45, 2.75) is 0 Å². The molecule has 0 bridgehead atoms. The number of hydrogen-bond acceptors (Lipinski definition) is 0. The molecule has 5 aromatic rings. The standard InChI is InChI=1S/C30H21I/c31-30-20-18-29(19-21-30)28-16-14-27(15-17-28)26-12-10-25(11-13-26)24-8-6-23(7-9-24)22-4-2-1-3-5-22/h1-21H. The van der Waals surface area contributed by atoms with Crippen LogP contribution in [0.5, 0.6) is 0 Å². The fourth-order valence-corrected chi connectivity index (χ4v) is 4.20. The molecule has 5 aromatic carbocycles. The molecule has 0 radical (unpaired) electrons. The van der Waals surface area contributed by atoms with Crippen LogP contribution in [0.3, 0.4) is 0 Å². The average Bonchev–Trinajstić information content (AvgIpc) is 2.85. The second-order valence-corrected chi connectivity index (χ2v) is 8.85. The van der Waals surface area contributed by atoms with E-state index in [1.807, 2.05) is 0 Å². The lowest BCUT2D eigenvalue weighted by atomic mass is 9.97. The van der Waals surface area contributed by atoms with Crippen molar-refractivity contribution in [1.82, 2.24) is 0 Å². The zero-order valence-corrected chi connectivity index (χ0v) is 19.2. The van der Waals surface area contributed by atoms with E-state index in [2.05, 4.69) is 150 Å². The summed E-state index contributed by atoms with van der Waals surface area (Å²) in [6.07, 6.45) is 0. The van der Waals surface area contributed by atoms with Gasteiger partial charge in [-0.05, 0) is 79.2 Å². The Bertz CT molecular complexity index is 1270. The Balaban J connectivity index is 1.34. The lowest BCUT2D eigenvalue weighted by Crippen LogP contribution is -1.83. The summed E-state index contributed by atoms with van der Waals surface area (Å²) >= 11 is 2.34. The summed E-state index contributed by atoms with van der Waals surface area (Å²) < 4.78 is 1.26. The minimum absolute atomic E-state index is 1.24. The number of rotatable bonds is 4. The topological polar surface area (TPSA) is 0 Å². The van der Waals surface area contributed by atoms with Gasteiger partial charge in [-0.1, -0.05) is 115 Å². The third-order valence-corrected chi connectivity index (χ3v) is 6.33. The van der Waals surface area contributed by atoms with Crippen LogP contribution in [0.2, 0.25) is 0 Å². The van der Waals surface area contributed by atoms with Crippen LogP contribution in [0.1, 0.15) is 0 Å². The molecule has 0 saturated carbocycles. The molecule has 31 heavy (non-hydrogen) atoms. The van der Waals surface area contributed by atoms with E-state index in [4.69, 9.17) is 0 Å². The highest BCUT2D eigenvalue weighted by molar-refractivity contribution is 14.1. The zero-order valence-electron chi connectivity index (χ0n) is 17.0. The first-order valence-electron chi connectivity index (χ1n) is 10.4. The molecule has 0 spiro atoms. The molecule has 0 nitrogen and oxygen atoms in total. The van der Waals surface area contributed by atoms with Crippen LogP contribution in [0.15, 0.2) is 127 Å². The largest absolute Gasteiger partial charge is 0.0622 e. The van der Waals surface area contributed by atoms with E-state index in [0.717, 1.165) is 0 Å². The van der Waals surface area contributed by atoms with Crippen LogP contribution in [0.4, 0.5) is 0 Å². The molecular weight excluding hydrogens is 487 g/mol. The third-order valence-electron chi connectivity index (χ3n) is 5.61. The van der Waals surface area contributed by atoms with Crippen molar-refractivity contribution in [3.63, 3.8) is 0 Å². The van der Waals surface area contributed by atoms with Crippen LogP contribution < -0.4 is 0 Å². The molecule has 1 heteroatoms. The lowest BCUT2D eigenvalue weighted by molar-refractivity contribution is 1.56. The van der Waals surface area contributed by atoms with Crippen LogP contribution >= 0.6 is 22.6 Å². The molecule has 0 unspecified atom stereocenters. The number of benzene rings is 5. The first kappa shape index (κ1) is 19.8. The lowest BCUT2D eigenvalue weighted by Gasteiger charge is -2.08. The highest BCUT2D eigenvalue weighted by atomic mass is 127. The van der Waals surface area contributed by atoms with Crippen molar-refractivity contribution in [3.8, 4) is 44.5 Å². The van der Waals surface area contributed by atoms with E-state index in [0.29, 0.717) is 0 Å². The van der Waals surface area contributed by atoms with Gasteiger partial charge >= 0.3 is 0 Å². The second-order valence-electron chi connectivity index (χ2n) is 7.60. The van der Waals surface area contributed by atoms with E-state index >= 15 is 0 Å². The van der Waals surface area contributed by atoms with Gasteiger partial charge in [-0.15, -0.1) is 0 Å². The maximum absolute atomic E-state index is 2.34. The SMILES string of the molecule is Ic1ccc(-c2ccc(-c3ccc(-c4ccc(-c5ccccc5)cc4)cc3)cc2)cc1. The van der Waals surface area contributed by atoms with Gasteiger partial charge in [0.2, 0.25) is 0 Å². The normalized spacial score (nSPS) is 10.7. The summed E-state index contributed by atoms with van der Waals surface area (Å²) in [6, 6.07) is 45.6. The van der Waals surface area contributed by atoms with Gasteiger partial charge in [0, 0.05) is 3.57 Å². The van der Waals surface area contributed by atoms with Crippen molar-refractivity contribution in [1.29, 1.82) is 0 Å². The van der Waals surface area contributed by atoms with Crippen LogP contribution in [-0.4, -0.2) is 0 Å². The molecule has 0 heterocycles. The fraction of sp³-hybridized carbons (Fsp3) is 0. The van der Waals surface area contributed by atoms with E-state index in [1.54, 1.807) is 0 Å². The predicted octanol–water partition coefficient (Wildman–Crippen LogP) is 8.96. The molecule has 0 aliphatic rings. The quantitative estimate of drug-likeness (QED) is 0.213. The van der Waals surface area contributed by atoms with Gasteiger partial charge in [-0.3, -0.25) is 0 Å². The average molecular weight is 508 g/mol. The van der Waals surface area contributed by atoms with E-state index in [9.17, 15) is 0 Å². The number of hydrogen-bond donors (Lipinski definition) is 0. The van der Waals surface area contributed by atoms with Crippen LogP contribution in [-0.2, 0) is 0 Å². The minimum atomic E-state index is 1.24. The van der Waals surface area contributed by atoms with Gasteiger partial charge in [-0.25, -0.2) is 0 Å². The maximum Gasteiger partial charge on any atom is 0.0130 e. The van der Waals surface area contributed by atoms with Crippen molar-refractivity contribution in [2.75, 3.05) is 0 Å². The van der Waals surface area contributed by atoms with Gasteiger partial charge in [0.25, 0.3) is 0 Å². The minimum Gasteiger partial charge on any atom is -0.0622 e.